The molecule has 0 aromatic rings. The van der Waals surface area contributed by atoms with Gasteiger partial charge in [-0.1, -0.05) is 20.8 Å². The third-order valence-electron chi connectivity index (χ3n) is 1.79. The Morgan fingerprint density at radius 2 is 1.92 bits per heavy atom. The lowest BCUT2D eigenvalue weighted by Gasteiger charge is -2.13. The highest BCUT2D eigenvalue weighted by Gasteiger charge is 2.00. The van der Waals surface area contributed by atoms with Crippen molar-refractivity contribution < 1.29 is 0 Å². The third kappa shape index (κ3) is 8.41. The molecule has 0 amide bonds. The van der Waals surface area contributed by atoms with E-state index in [9.17, 15) is 0 Å². The average Bonchev–Trinajstić information content (AvgIpc) is 2.00. The standard InChI is InChI=1S/C10H23NS/c1-5-12-8-10(4)11-7-6-9(2)3/h9-11H,5-8H2,1-4H3. The van der Waals surface area contributed by atoms with Crippen molar-refractivity contribution >= 4 is 11.8 Å². The molecule has 1 atom stereocenters. The van der Waals surface area contributed by atoms with Crippen LogP contribution in [-0.4, -0.2) is 24.1 Å². The molecule has 74 valence electrons. The van der Waals surface area contributed by atoms with Crippen molar-refractivity contribution in [2.45, 2.75) is 40.2 Å². The van der Waals surface area contributed by atoms with Gasteiger partial charge >= 0.3 is 0 Å². The van der Waals surface area contributed by atoms with Crippen LogP contribution in [0.1, 0.15) is 34.1 Å². The second-order valence-electron chi connectivity index (χ2n) is 3.70. The van der Waals surface area contributed by atoms with Crippen LogP contribution < -0.4 is 5.32 Å². The fourth-order valence-corrected chi connectivity index (χ4v) is 1.68. The van der Waals surface area contributed by atoms with Gasteiger partial charge in [0.15, 0.2) is 0 Å². The van der Waals surface area contributed by atoms with Crippen LogP contribution in [0.15, 0.2) is 0 Å². The summed E-state index contributed by atoms with van der Waals surface area (Å²) in [7, 11) is 0. The lowest BCUT2D eigenvalue weighted by molar-refractivity contribution is 0.507. The summed E-state index contributed by atoms with van der Waals surface area (Å²) < 4.78 is 0. The summed E-state index contributed by atoms with van der Waals surface area (Å²) >= 11 is 2.01. The Kier molecular flexibility index (Phi) is 8.14. The number of rotatable bonds is 7. The Bertz CT molecular complexity index is 93.8. The SMILES string of the molecule is CCSCC(C)NCCC(C)C. The Balaban J connectivity index is 3.13. The highest BCUT2D eigenvalue weighted by molar-refractivity contribution is 7.99. The Morgan fingerprint density at radius 3 is 2.42 bits per heavy atom. The van der Waals surface area contributed by atoms with Crippen molar-refractivity contribution in [1.29, 1.82) is 0 Å². The molecule has 0 fully saturated rings. The van der Waals surface area contributed by atoms with Gasteiger partial charge in [-0.05, 0) is 31.6 Å². The summed E-state index contributed by atoms with van der Waals surface area (Å²) in [6.45, 7) is 10.2. The fraction of sp³-hybridized carbons (Fsp3) is 1.00. The second-order valence-corrected chi connectivity index (χ2v) is 5.02. The van der Waals surface area contributed by atoms with Crippen LogP contribution in [0.4, 0.5) is 0 Å². The summed E-state index contributed by atoms with van der Waals surface area (Å²) in [4.78, 5) is 0. The van der Waals surface area contributed by atoms with E-state index in [1.54, 1.807) is 0 Å². The minimum atomic E-state index is 0.675. The number of hydrogen-bond acceptors (Lipinski definition) is 2. The molecular weight excluding hydrogens is 166 g/mol. The zero-order valence-corrected chi connectivity index (χ0v) is 9.71. The van der Waals surface area contributed by atoms with Gasteiger partial charge in [-0.2, -0.15) is 11.8 Å². The molecule has 0 heterocycles. The molecule has 0 saturated heterocycles. The van der Waals surface area contributed by atoms with Crippen molar-refractivity contribution in [3.05, 3.63) is 0 Å². The Labute approximate surface area is 81.7 Å². The molecule has 2 heteroatoms. The summed E-state index contributed by atoms with van der Waals surface area (Å²) in [5.41, 5.74) is 0. The minimum Gasteiger partial charge on any atom is -0.313 e. The fourth-order valence-electron chi connectivity index (χ4n) is 0.972. The third-order valence-corrected chi connectivity index (χ3v) is 2.93. The largest absolute Gasteiger partial charge is 0.313 e. The predicted octanol–water partition coefficient (Wildman–Crippen LogP) is 2.76. The molecule has 0 spiro atoms. The highest BCUT2D eigenvalue weighted by atomic mass is 32.2. The first kappa shape index (κ1) is 12.3. The molecule has 0 rings (SSSR count). The first-order valence-corrected chi connectivity index (χ1v) is 6.13. The van der Waals surface area contributed by atoms with E-state index in [-0.39, 0.29) is 0 Å². The van der Waals surface area contributed by atoms with Crippen molar-refractivity contribution in [3.8, 4) is 0 Å². The Morgan fingerprint density at radius 1 is 1.25 bits per heavy atom. The molecule has 0 aromatic carbocycles. The van der Waals surface area contributed by atoms with E-state index in [4.69, 9.17) is 0 Å². The zero-order chi connectivity index (χ0) is 9.40. The summed E-state index contributed by atoms with van der Waals surface area (Å²) in [5.74, 6) is 3.30. The van der Waals surface area contributed by atoms with Gasteiger partial charge < -0.3 is 5.32 Å². The van der Waals surface area contributed by atoms with Crippen LogP contribution in [0, 0.1) is 5.92 Å². The smallest absolute Gasteiger partial charge is 0.0129 e. The quantitative estimate of drug-likeness (QED) is 0.661. The topological polar surface area (TPSA) is 12.0 Å². The van der Waals surface area contributed by atoms with Crippen LogP contribution >= 0.6 is 11.8 Å². The van der Waals surface area contributed by atoms with Gasteiger partial charge in [-0.25, -0.2) is 0 Å². The van der Waals surface area contributed by atoms with E-state index in [0.717, 1.165) is 5.92 Å². The first-order valence-electron chi connectivity index (χ1n) is 4.98. The molecule has 0 aliphatic heterocycles. The molecule has 12 heavy (non-hydrogen) atoms. The molecule has 0 saturated carbocycles. The second kappa shape index (κ2) is 7.93. The predicted molar refractivity (Wildman–Crippen MR) is 59.9 cm³/mol. The molecule has 1 unspecified atom stereocenters. The van der Waals surface area contributed by atoms with Gasteiger partial charge in [0.25, 0.3) is 0 Å². The van der Waals surface area contributed by atoms with Gasteiger partial charge in [0.1, 0.15) is 0 Å². The molecule has 1 N–H and O–H groups in total. The zero-order valence-electron chi connectivity index (χ0n) is 8.89. The first-order chi connectivity index (χ1) is 5.66. The molecule has 1 nitrogen and oxygen atoms in total. The van der Waals surface area contributed by atoms with Crippen LogP contribution in [0.3, 0.4) is 0 Å². The summed E-state index contributed by atoms with van der Waals surface area (Å²) in [5, 5.41) is 3.53. The Hall–Kier alpha value is 0.310. The molecule has 0 radical (unpaired) electrons. The maximum absolute atomic E-state index is 3.53. The molecular formula is C10H23NS. The van der Waals surface area contributed by atoms with Crippen molar-refractivity contribution in [3.63, 3.8) is 0 Å². The lowest BCUT2D eigenvalue weighted by atomic mass is 10.1. The van der Waals surface area contributed by atoms with E-state index in [1.807, 2.05) is 11.8 Å². The van der Waals surface area contributed by atoms with Gasteiger partial charge in [-0.3, -0.25) is 0 Å². The molecule has 0 bridgehead atoms. The molecule has 0 aromatic heterocycles. The lowest BCUT2D eigenvalue weighted by Crippen LogP contribution is -2.29. The molecule has 0 aliphatic carbocycles. The van der Waals surface area contributed by atoms with E-state index >= 15 is 0 Å². The maximum atomic E-state index is 3.53. The highest BCUT2D eigenvalue weighted by Crippen LogP contribution is 2.02. The van der Waals surface area contributed by atoms with Gasteiger partial charge in [0.05, 0.1) is 0 Å². The van der Waals surface area contributed by atoms with Crippen LogP contribution in [-0.2, 0) is 0 Å². The van der Waals surface area contributed by atoms with Gasteiger partial charge in [-0.15, -0.1) is 0 Å². The monoisotopic (exact) mass is 189 g/mol. The van der Waals surface area contributed by atoms with Crippen LogP contribution in [0.25, 0.3) is 0 Å². The minimum absolute atomic E-state index is 0.675. The van der Waals surface area contributed by atoms with E-state index in [2.05, 4.69) is 33.0 Å². The summed E-state index contributed by atoms with van der Waals surface area (Å²) in [6.07, 6.45) is 1.29. The van der Waals surface area contributed by atoms with Gasteiger partial charge in [0.2, 0.25) is 0 Å². The van der Waals surface area contributed by atoms with E-state index in [1.165, 1.54) is 24.5 Å². The number of thioether (sulfide) groups is 1. The maximum Gasteiger partial charge on any atom is 0.0129 e. The molecule has 0 aliphatic rings. The van der Waals surface area contributed by atoms with E-state index in [0.29, 0.717) is 6.04 Å². The normalized spacial score (nSPS) is 13.8. The van der Waals surface area contributed by atoms with Crippen molar-refractivity contribution in [1.82, 2.24) is 5.32 Å². The van der Waals surface area contributed by atoms with Crippen LogP contribution in [0.5, 0.6) is 0 Å². The number of nitrogens with one attached hydrogen (secondary N) is 1. The van der Waals surface area contributed by atoms with Crippen molar-refractivity contribution in [2.75, 3.05) is 18.1 Å². The average molecular weight is 189 g/mol. The number of hydrogen-bond donors (Lipinski definition) is 1. The van der Waals surface area contributed by atoms with E-state index < -0.39 is 0 Å². The summed E-state index contributed by atoms with van der Waals surface area (Å²) in [6, 6.07) is 0.675. The van der Waals surface area contributed by atoms with Crippen LogP contribution in [0.2, 0.25) is 0 Å². The van der Waals surface area contributed by atoms with Gasteiger partial charge in [0, 0.05) is 11.8 Å². The van der Waals surface area contributed by atoms with Crippen molar-refractivity contribution in [2.24, 2.45) is 5.92 Å².